The zero-order chi connectivity index (χ0) is 11.8. The van der Waals surface area contributed by atoms with Crippen LogP contribution in [0.2, 0.25) is 0 Å². The molecule has 17 heavy (non-hydrogen) atoms. The van der Waals surface area contributed by atoms with Crippen LogP contribution in [0.1, 0.15) is 46.0 Å². The normalized spacial score (nSPS) is 48.1. The number of hydrogen-bond acceptors (Lipinski definition) is 1. The Bertz CT molecular complexity index is 296. The smallest absolute Gasteiger partial charge is 0.00955 e. The van der Waals surface area contributed by atoms with Crippen LogP contribution in [0.25, 0.3) is 0 Å². The van der Waals surface area contributed by atoms with E-state index in [-0.39, 0.29) is 0 Å². The molecule has 0 aromatic carbocycles. The molecule has 0 spiro atoms. The molecule has 2 saturated carbocycles. The summed E-state index contributed by atoms with van der Waals surface area (Å²) < 4.78 is 0. The van der Waals surface area contributed by atoms with Crippen LogP contribution in [0.5, 0.6) is 0 Å². The highest BCUT2D eigenvalue weighted by Gasteiger charge is 2.37. The predicted octanol–water partition coefficient (Wildman–Crippen LogP) is 3.61. The van der Waals surface area contributed by atoms with Crippen molar-refractivity contribution in [1.29, 1.82) is 0 Å². The molecule has 3 aliphatic rings. The molecular formula is C16H27N. The van der Waals surface area contributed by atoms with E-state index in [2.05, 4.69) is 31.3 Å². The van der Waals surface area contributed by atoms with E-state index >= 15 is 0 Å². The highest BCUT2D eigenvalue weighted by atomic mass is 14.9. The van der Waals surface area contributed by atoms with Gasteiger partial charge in [-0.25, -0.2) is 0 Å². The first-order valence-electron chi connectivity index (χ1n) is 7.69. The Morgan fingerprint density at radius 2 is 2.00 bits per heavy atom. The minimum absolute atomic E-state index is 0.808. The van der Waals surface area contributed by atoms with Crippen LogP contribution < -0.4 is 5.32 Å². The molecule has 1 N–H and O–H groups in total. The SMILES string of the molecule is CCC1CCC(NCC2CC3C=CC2C3)C1C. The fourth-order valence-corrected chi connectivity index (χ4v) is 4.54. The summed E-state index contributed by atoms with van der Waals surface area (Å²) in [6, 6.07) is 0.808. The maximum atomic E-state index is 3.89. The number of hydrogen-bond donors (Lipinski definition) is 1. The number of allylic oxidation sites excluding steroid dienone is 2. The lowest BCUT2D eigenvalue weighted by atomic mass is 9.91. The van der Waals surface area contributed by atoms with E-state index in [1.54, 1.807) is 0 Å². The van der Waals surface area contributed by atoms with Crippen LogP contribution in [0.4, 0.5) is 0 Å². The van der Waals surface area contributed by atoms with Crippen molar-refractivity contribution in [2.45, 2.75) is 52.0 Å². The maximum Gasteiger partial charge on any atom is 0.00955 e. The molecule has 0 aromatic heterocycles. The lowest BCUT2D eigenvalue weighted by Crippen LogP contribution is -2.37. The summed E-state index contributed by atoms with van der Waals surface area (Å²) in [5, 5.41) is 3.89. The van der Waals surface area contributed by atoms with Gasteiger partial charge < -0.3 is 5.32 Å². The third-order valence-electron chi connectivity index (χ3n) is 5.81. The Kier molecular flexibility index (Phi) is 3.30. The molecule has 1 heteroatoms. The van der Waals surface area contributed by atoms with Gasteiger partial charge in [-0.05, 0) is 61.8 Å². The molecule has 2 bridgehead atoms. The fourth-order valence-electron chi connectivity index (χ4n) is 4.54. The predicted molar refractivity (Wildman–Crippen MR) is 72.8 cm³/mol. The molecule has 3 rings (SSSR count). The molecule has 0 aromatic rings. The molecule has 6 unspecified atom stereocenters. The van der Waals surface area contributed by atoms with E-state index in [1.807, 2.05) is 0 Å². The van der Waals surface area contributed by atoms with Crippen molar-refractivity contribution in [2.75, 3.05) is 6.54 Å². The van der Waals surface area contributed by atoms with Gasteiger partial charge in [0.1, 0.15) is 0 Å². The van der Waals surface area contributed by atoms with E-state index in [4.69, 9.17) is 0 Å². The quantitative estimate of drug-likeness (QED) is 0.731. The first-order valence-corrected chi connectivity index (χ1v) is 7.69. The summed E-state index contributed by atoms with van der Waals surface area (Å²) in [7, 11) is 0. The highest BCUT2D eigenvalue weighted by molar-refractivity contribution is 5.10. The van der Waals surface area contributed by atoms with Gasteiger partial charge >= 0.3 is 0 Å². The first kappa shape index (κ1) is 11.8. The first-order chi connectivity index (χ1) is 8.28. The molecule has 0 aliphatic heterocycles. The monoisotopic (exact) mass is 233 g/mol. The second-order valence-electron chi connectivity index (χ2n) is 6.66. The van der Waals surface area contributed by atoms with Crippen molar-refractivity contribution in [2.24, 2.45) is 29.6 Å². The molecule has 0 amide bonds. The Balaban J connectivity index is 1.47. The molecule has 0 radical (unpaired) electrons. The lowest BCUT2D eigenvalue weighted by Gasteiger charge is -2.25. The van der Waals surface area contributed by atoms with Crippen LogP contribution in [-0.2, 0) is 0 Å². The minimum Gasteiger partial charge on any atom is -0.313 e. The van der Waals surface area contributed by atoms with Gasteiger partial charge in [0.05, 0.1) is 0 Å². The summed E-state index contributed by atoms with van der Waals surface area (Å²) >= 11 is 0. The van der Waals surface area contributed by atoms with Crippen molar-refractivity contribution >= 4 is 0 Å². The number of rotatable bonds is 4. The van der Waals surface area contributed by atoms with E-state index in [0.717, 1.165) is 35.6 Å². The lowest BCUT2D eigenvalue weighted by molar-refractivity contribution is 0.316. The molecular weight excluding hydrogens is 206 g/mol. The molecule has 96 valence electrons. The van der Waals surface area contributed by atoms with Gasteiger partial charge in [0.15, 0.2) is 0 Å². The van der Waals surface area contributed by atoms with E-state index in [9.17, 15) is 0 Å². The van der Waals surface area contributed by atoms with Crippen LogP contribution in [0, 0.1) is 29.6 Å². The number of fused-ring (bicyclic) bond motifs is 2. The van der Waals surface area contributed by atoms with Gasteiger partial charge in [-0.2, -0.15) is 0 Å². The zero-order valence-corrected chi connectivity index (χ0v) is 11.4. The Labute approximate surface area is 106 Å². The summed E-state index contributed by atoms with van der Waals surface area (Å²) in [6.45, 7) is 6.08. The maximum absolute atomic E-state index is 3.89. The summed E-state index contributed by atoms with van der Waals surface area (Å²) in [5.41, 5.74) is 0. The highest BCUT2D eigenvalue weighted by Crippen LogP contribution is 2.43. The van der Waals surface area contributed by atoms with E-state index < -0.39 is 0 Å². The Morgan fingerprint density at radius 3 is 2.59 bits per heavy atom. The standard InChI is InChI=1S/C16H27N/c1-3-13-6-7-16(11(13)2)17-10-15-9-12-4-5-14(15)8-12/h4-5,11-17H,3,6-10H2,1-2H3. The summed E-state index contributed by atoms with van der Waals surface area (Å²) in [4.78, 5) is 0. The molecule has 0 saturated heterocycles. The van der Waals surface area contributed by atoms with Gasteiger partial charge in [-0.1, -0.05) is 32.4 Å². The average molecular weight is 233 g/mol. The van der Waals surface area contributed by atoms with Crippen LogP contribution in [-0.4, -0.2) is 12.6 Å². The summed E-state index contributed by atoms with van der Waals surface area (Å²) in [6.07, 6.45) is 12.1. The van der Waals surface area contributed by atoms with Crippen molar-refractivity contribution in [3.05, 3.63) is 12.2 Å². The zero-order valence-electron chi connectivity index (χ0n) is 11.4. The topological polar surface area (TPSA) is 12.0 Å². The Hall–Kier alpha value is -0.300. The molecule has 0 heterocycles. The average Bonchev–Trinajstić information content (AvgIpc) is 3.01. The molecule has 3 aliphatic carbocycles. The van der Waals surface area contributed by atoms with Crippen LogP contribution in [0.3, 0.4) is 0 Å². The van der Waals surface area contributed by atoms with Gasteiger partial charge in [-0.15, -0.1) is 0 Å². The number of nitrogens with one attached hydrogen (secondary N) is 1. The second-order valence-corrected chi connectivity index (χ2v) is 6.66. The second kappa shape index (κ2) is 4.76. The largest absolute Gasteiger partial charge is 0.313 e. The Morgan fingerprint density at radius 1 is 1.12 bits per heavy atom. The van der Waals surface area contributed by atoms with Crippen molar-refractivity contribution < 1.29 is 0 Å². The molecule has 2 fully saturated rings. The van der Waals surface area contributed by atoms with E-state index in [1.165, 1.54) is 38.6 Å². The van der Waals surface area contributed by atoms with Crippen LogP contribution in [0.15, 0.2) is 12.2 Å². The van der Waals surface area contributed by atoms with E-state index in [0.29, 0.717) is 0 Å². The molecule has 1 nitrogen and oxygen atoms in total. The van der Waals surface area contributed by atoms with Gasteiger partial charge in [0.25, 0.3) is 0 Å². The van der Waals surface area contributed by atoms with Crippen molar-refractivity contribution in [1.82, 2.24) is 5.32 Å². The third-order valence-corrected chi connectivity index (χ3v) is 5.81. The van der Waals surface area contributed by atoms with Crippen molar-refractivity contribution in [3.63, 3.8) is 0 Å². The summed E-state index contributed by atoms with van der Waals surface area (Å²) in [5.74, 6) is 4.65. The minimum atomic E-state index is 0.808. The third kappa shape index (κ3) is 2.19. The van der Waals surface area contributed by atoms with Crippen molar-refractivity contribution in [3.8, 4) is 0 Å². The molecule has 6 atom stereocenters. The van der Waals surface area contributed by atoms with Gasteiger partial charge in [0, 0.05) is 6.04 Å². The van der Waals surface area contributed by atoms with Crippen LogP contribution >= 0.6 is 0 Å². The fraction of sp³-hybridized carbons (Fsp3) is 0.875. The van der Waals surface area contributed by atoms with Gasteiger partial charge in [-0.3, -0.25) is 0 Å². The van der Waals surface area contributed by atoms with Gasteiger partial charge in [0.2, 0.25) is 0 Å².